The first-order chi connectivity index (χ1) is 8.13. The van der Waals surface area contributed by atoms with E-state index in [0.717, 1.165) is 32.8 Å². The molecule has 0 aromatic carbocycles. The molecule has 0 aromatic heterocycles. The minimum absolute atomic E-state index is 0.151. The molecule has 0 rings (SSSR count). The third-order valence-corrected chi connectivity index (χ3v) is 2.76. The van der Waals surface area contributed by atoms with Crippen molar-refractivity contribution in [1.29, 1.82) is 0 Å². The van der Waals surface area contributed by atoms with Crippen LogP contribution >= 0.6 is 0 Å². The molecule has 0 saturated heterocycles. The van der Waals surface area contributed by atoms with Gasteiger partial charge < -0.3 is 19.7 Å². The lowest BCUT2D eigenvalue weighted by atomic mass is 10.3. The predicted molar refractivity (Wildman–Crippen MR) is 72.5 cm³/mol. The summed E-state index contributed by atoms with van der Waals surface area (Å²) in [5.74, 6) is 0. The fourth-order valence-corrected chi connectivity index (χ4v) is 1.61. The summed E-state index contributed by atoms with van der Waals surface area (Å²) in [6.07, 6.45) is 0.151. The Morgan fingerprint density at radius 1 is 1.18 bits per heavy atom. The number of nitrogens with one attached hydrogen (secondary N) is 1. The molecule has 0 bridgehead atoms. The number of hydrogen-bond acceptors (Lipinski definition) is 4. The zero-order chi connectivity index (χ0) is 13.1. The maximum atomic E-state index is 5.84. The highest BCUT2D eigenvalue weighted by atomic mass is 16.5. The van der Waals surface area contributed by atoms with Crippen LogP contribution in [0.4, 0.5) is 0 Å². The molecule has 0 amide bonds. The van der Waals surface area contributed by atoms with Crippen LogP contribution in [0, 0.1) is 0 Å². The Balaban J connectivity index is 3.75. The molecule has 17 heavy (non-hydrogen) atoms. The van der Waals surface area contributed by atoms with Crippen LogP contribution in [0.5, 0.6) is 0 Å². The molecule has 0 aliphatic carbocycles. The van der Waals surface area contributed by atoms with Crippen LogP contribution in [-0.2, 0) is 9.47 Å². The summed E-state index contributed by atoms with van der Waals surface area (Å²) in [6, 6.07) is 0.487. The lowest BCUT2D eigenvalue weighted by Crippen LogP contribution is -2.38. The van der Waals surface area contributed by atoms with Crippen molar-refractivity contribution in [2.24, 2.45) is 0 Å². The molecule has 0 aromatic rings. The van der Waals surface area contributed by atoms with Crippen LogP contribution in [0.15, 0.2) is 0 Å². The van der Waals surface area contributed by atoms with E-state index in [-0.39, 0.29) is 6.10 Å². The summed E-state index contributed by atoms with van der Waals surface area (Å²) in [5.41, 5.74) is 0. The van der Waals surface area contributed by atoms with Crippen molar-refractivity contribution in [2.75, 3.05) is 46.5 Å². The predicted octanol–water partition coefficient (Wildman–Crippen LogP) is 1.36. The molecule has 1 unspecified atom stereocenters. The van der Waals surface area contributed by atoms with Gasteiger partial charge in [-0.2, -0.15) is 0 Å². The van der Waals surface area contributed by atoms with E-state index in [9.17, 15) is 0 Å². The normalized spacial score (nSPS) is 13.6. The standard InChI is InChI=1S/C13H30N2O2/c1-6-15(7-2)8-9-17-13(11-16-5)10-14-12(3)4/h12-14H,6-11H2,1-5H3. The second kappa shape index (κ2) is 11.0. The van der Waals surface area contributed by atoms with Crippen LogP contribution in [0.25, 0.3) is 0 Å². The highest BCUT2D eigenvalue weighted by Crippen LogP contribution is 1.95. The van der Waals surface area contributed by atoms with Gasteiger partial charge in [0.2, 0.25) is 0 Å². The van der Waals surface area contributed by atoms with Crippen LogP contribution < -0.4 is 5.32 Å². The average Bonchev–Trinajstić information content (AvgIpc) is 2.31. The number of rotatable bonds is 11. The van der Waals surface area contributed by atoms with Crippen molar-refractivity contribution in [3.63, 3.8) is 0 Å². The van der Waals surface area contributed by atoms with Gasteiger partial charge in [-0.3, -0.25) is 0 Å². The Bertz CT molecular complexity index is 161. The summed E-state index contributed by atoms with van der Waals surface area (Å²) < 4.78 is 11.0. The molecule has 104 valence electrons. The quantitative estimate of drug-likeness (QED) is 0.597. The number of hydrogen-bond donors (Lipinski definition) is 1. The SMILES string of the molecule is CCN(CC)CCOC(CNC(C)C)COC. The first-order valence-corrected chi connectivity index (χ1v) is 6.70. The van der Waals surface area contributed by atoms with Crippen LogP contribution in [0.2, 0.25) is 0 Å². The van der Waals surface area contributed by atoms with E-state index in [1.165, 1.54) is 0 Å². The topological polar surface area (TPSA) is 33.7 Å². The maximum Gasteiger partial charge on any atom is 0.0933 e. The Labute approximate surface area is 107 Å². The van der Waals surface area contributed by atoms with Gasteiger partial charge in [-0.15, -0.1) is 0 Å². The van der Waals surface area contributed by atoms with Gasteiger partial charge in [0.15, 0.2) is 0 Å². The van der Waals surface area contributed by atoms with Crippen LogP contribution in [0.3, 0.4) is 0 Å². The fourth-order valence-electron chi connectivity index (χ4n) is 1.61. The second-order valence-electron chi connectivity index (χ2n) is 4.54. The molecule has 0 spiro atoms. The zero-order valence-corrected chi connectivity index (χ0v) is 12.2. The number of ether oxygens (including phenoxy) is 2. The highest BCUT2D eigenvalue weighted by molar-refractivity contribution is 4.64. The van der Waals surface area contributed by atoms with E-state index in [2.05, 4.69) is 37.9 Å². The fraction of sp³-hybridized carbons (Fsp3) is 1.00. The summed E-state index contributed by atoms with van der Waals surface area (Å²) in [5, 5.41) is 3.38. The minimum Gasteiger partial charge on any atom is -0.382 e. The van der Waals surface area contributed by atoms with Gasteiger partial charge >= 0.3 is 0 Å². The third-order valence-electron chi connectivity index (χ3n) is 2.76. The molecular weight excluding hydrogens is 216 g/mol. The molecule has 4 nitrogen and oxygen atoms in total. The van der Waals surface area contributed by atoms with Crippen molar-refractivity contribution in [3.05, 3.63) is 0 Å². The summed E-state index contributed by atoms with van der Waals surface area (Å²) in [7, 11) is 1.72. The largest absolute Gasteiger partial charge is 0.382 e. The smallest absolute Gasteiger partial charge is 0.0933 e. The first-order valence-electron chi connectivity index (χ1n) is 6.70. The van der Waals surface area contributed by atoms with Gasteiger partial charge in [0.25, 0.3) is 0 Å². The maximum absolute atomic E-state index is 5.84. The molecular formula is C13H30N2O2. The number of methoxy groups -OCH3 is 1. The Morgan fingerprint density at radius 2 is 1.82 bits per heavy atom. The van der Waals surface area contributed by atoms with Crippen molar-refractivity contribution in [3.8, 4) is 0 Å². The van der Waals surface area contributed by atoms with E-state index in [0.29, 0.717) is 12.6 Å². The Kier molecular flexibility index (Phi) is 10.9. The molecule has 0 radical (unpaired) electrons. The van der Waals surface area contributed by atoms with Gasteiger partial charge in [-0.05, 0) is 13.1 Å². The van der Waals surface area contributed by atoms with Gasteiger partial charge in [-0.25, -0.2) is 0 Å². The molecule has 0 heterocycles. The molecule has 1 N–H and O–H groups in total. The van der Waals surface area contributed by atoms with Crippen LogP contribution in [0.1, 0.15) is 27.7 Å². The van der Waals surface area contributed by atoms with Crippen molar-refractivity contribution in [1.82, 2.24) is 10.2 Å². The van der Waals surface area contributed by atoms with Crippen LogP contribution in [-0.4, -0.2) is 63.5 Å². The van der Waals surface area contributed by atoms with Gasteiger partial charge in [0.05, 0.1) is 19.3 Å². The summed E-state index contributed by atoms with van der Waals surface area (Å²) in [6.45, 7) is 14.1. The molecule has 0 aliphatic heterocycles. The number of likely N-dealkylation sites (N-methyl/N-ethyl adjacent to an activating group) is 1. The average molecular weight is 246 g/mol. The van der Waals surface area contributed by atoms with E-state index in [1.807, 2.05) is 0 Å². The Hall–Kier alpha value is -0.160. The monoisotopic (exact) mass is 246 g/mol. The first kappa shape index (κ1) is 16.8. The zero-order valence-electron chi connectivity index (χ0n) is 12.2. The van der Waals surface area contributed by atoms with Gasteiger partial charge in [0.1, 0.15) is 0 Å². The van der Waals surface area contributed by atoms with Crippen molar-refractivity contribution >= 4 is 0 Å². The van der Waals surface area contributed by atoms with E-state index in [1.54, 1.807) is 7.11 Å². The minimum atomic E-state index is 0.151. The second-order valence-corrected chi connectivity index (χ2v) is 4.54. The number of nitrogens with zero attached hydrogens (tertiary/aromatic N) is 1. The van der Waals surface area contributed by atoms with E-state index in [4.69, 9.17) is 9.47 Å². The summed E-state index contributed by atoms with van der Waals surface area (Å²) >= 11 is 0. The molecule has 0 fully saturated rings. The lowest BCUT2D eigenvalue weighted by Gasteiger charge is -2.22. The van der Waals surface area contributed by atoms with E-state index >= 15 is 0 Å². The van der Waals surface area contributed by atoms with Crippen molar-refractivity contribution in [2.45, 2.75) is 39.8 Å². The highest BCUT2D eigenvalue weighted by Gasteiger charge is 2.10. The van der Waals surface area contributed by atoms with Crippen molar-refractivity contribution < 1.29 is 9.47 Å². The third kappa shape index (κ3) is 9.53. The van der Waals surface area contributed by atoms with Gasteiger partial charge in [0, 0.05) is 26.2 Å². The molecule has 4 heteroatoms. The molecule has 0 aliphatic rings. The molecule has 0 saturated carbocycles. The van der Waals surface area contributed by atoms with E-state index < -0.39 is 0 Å². The van der Waals surface area contributed by atoms with Gasteiger partial charge in [-0.1, -0.05) is 27.7 Å². The lowest BCUT2D eigenvalue weighted by molar-refractivity contribution is -0.00900. The summed E-state index contributed by atoms with van der Waals surface area (Å²) in [4.78, 5) is 2.36. The Morgan fingerprint density at radius 3 is 2.29 bits per heavy atom. The molecule has 1 atom stereocenters.